The van der Waals surface area contributed by atoms with Crippen molar-refractivity contribution in [2.24, 2.45) is 5.73 Å². The molecule has 0 spiro atoms. The fraction of sp³-hybridized carbons (Fsp3) is 0.429. The number of nitrogens with two attached hydrogens (primary N) is 1. The molecule has 110 valence electrons. The average Bonchev–Trinajstić information content (AvgIpc) is 2.43. The summed E-state index contributed by atoms with van der Waals surface area (Å²) in [6.45, 7) is 2.67. The summed E-state index contributed by atoms with van der Waals surface area (Å²) < 4.78 is 0. The summed E-state index contributed by atoms with van der Waals surface area (Å²) in [7, 11) is 0. The molecule has 5 N–H and O–H groups in total. The topological polar surface area (TPSA) is 104 Å². The van der Waals surface area contributed by atoms with Crippen LogP contribution in [-0.2, 0) is 16.0 Å². The standard InChI is InChI=1S/C14H21N3O3/c1-2-10-5-3-4-6-11(10)17-13(18)9-12(14(19)20)16-8-7-15/h3-6,12,16H,2,7-9,15H2,1H3,(H,17,18)(H,19,20)/t12-/m1/s1. The van der Waals surface area contributed by atoms with Gasteiger partial charge in [0.05, 0.1) is 6.42 Å². The molecule has 20 heavy (non-hydrogen) atoms. The summed E-state index contributed by atoms with van der Waals surface area (Å²) in [5.74, 6) is -1.39. The van der Waals surface area contributed by atoms with Crippen molar-refractivity contribution >= 4 is 17.6 Å². The monoisotopic (exact) mass is 279 g/mol. The highest BCUT2D eigenvalue weighted by Crippen LogP contribution is 2.15. The van der Waals surface area contributed by atoms with Crippen LogP contribution in [-0.4, -0.2) is 36.1 Å². The van der Waals surface area contributed by atoms with E-state index in [0.717, 1.165) is 17.7 Å². The first-order valence-corrected chi connectivity index (χ1v) is 6.62. The Morgan fingerprint density at radius 3 is 2.65 bits per heavy atom. The van der Waals surface area contributed by atoms with Crippen LogP contribution < -0.4 is 16.4 Å². The van der Waals surface area contributed by atoms with Gasteiger partial charge in [-0.1, -0.05) is 25.1 Å². The Morgan fingerprint density at radius 1 is 1.35 bits per heavy atom. The van der Waals surface area contributed by atoms with E-state index in [4.69, 9.17) is 10.8 Å². The van der Waals surface area contributed by atoms with Crippen molar-refractivity contribution in [2.75, 3.05) is 18.4 Å². The molecule has 0 radical (unpaired) electrons. The minimum absolute atomic E-state index is 0.132. The van der Waals surface area contributed by atoms with Crippen LogP contribution in [0, 0.1) is 0 Å². The lowest BCUT2D eigenvalue weighted by atomic mass is 10.1. The van der Waals surface area contributed by atoms with Crippen molar-refractivity contribution in [3.8, 4) is 0 Å². The summed E-state index contributed by atoms with van der Waals surface area (Å²) in [6.07, 6.45) is 0.664. The highest BCUT2D eigenvalue weighted by Gasteiger charge is 2.20. The van der Waals surface area contributed by atoms with E-state index in [0.29, 0.717) is 13.1 Å². The van der Waals surface area contributed by atoms with Crippen LogP contribution in [0.25, 0.3) is 0 Å². The summed E-state index contributed by atoms with van der Waals surface area (Å²) in [5, 5.41) is 14.5. The number of aryl methyl sites for hydroxylation is 1. The van der Waals surface area contributed by atoms with Gasteiger partial charge in [-0.15, -0.1) is 0 Å². The van der Waals surface area contributed by atoms with E-state index in [2.05, 4.69) is 10.6 Å². The molecule has 1 atom stereocenters. The quantitative estimate of drug-likeness (QED) is 0.557. The van der Waals surface area contributed by atoms with Crippen LogP contribution in [0.4, 0.5) is 5.69 Å². The Hall–Kier alpha value is -1.92. The number of carboxylic acids is 1. The Morgan fingerprint density at radius 2 is 2.05 bits per heavy atom. The molecule has 0 fully saturated rings. The second kappa shape index (κ2) is 8.29. The third kappa shape index (κ3) is 4.99. The van der Waals surface area contributed by atoms with Crippen molar-refractivity contribution < 1.29 is 14.7 Å². The largest absolute Gasteiger partial charge is 0.480 e. The Balaban J connectivity index is 2.63. The van der Waals surface area contributed by atoms with Gasteiger partial charge in [-0.25, -0.2) is 0 Å². The minimum Gasteiger partial charge on any atom is -0.480 e. The van der Waals surface area contributed by atoms with Crippen molar-refractivity contribution in [2.45, 2.75) is 25.8 Å². The van der Waals surface area contributed by atoms with E-state index in [1.54, 1.807) is 6.07 Å². The molecule has 0 heterocycles. The summed E-state index contributed by atoms with van der Waals surface area (Å²) in [6, 6.07) is 6.54. The van der Waals surface area contributed by atoms with Gasteiger partial charge < -0.3 is 21.5 Å². The Kier molecular flexibility index (Phi) is 6.69. The van der Waals surface area contributed by atoms with Gasteiger partial charge in [0.15, 0.2) is 0 Å². The fourth-order valence-electron chi connectivity index (χ4n) is 1.84. The summed E-state index contributed by atoms with van der Waals surface area (Å²) in [5.41, 5.74) is 7.05. The second-order valence-electron chi connectivity index (χ2n) is 4.40. The highest BCUT2D eigenvalue weighted by atomic mass is 16.4. The van der Waals surface area contributed by atoms with Crippen LogP contribution in [0.3, 0.4) is 0 Å². The third-order valence-corrected chi connectivity index (χ3v) is 2.90. The van der Waals surface area contributed by atoms with Gasteiger partial charge in [-0.05, 0) is 18.1 Å². The van der Waals surface area contributed by atoms with E-state index in [1.165, 1.54) is 0 Å². The van der Waals surface area contributed by atoms with Crippen LogP contribution >= 0.6 is 0 Å². The molecule has 1 aromatic carbocycles. The molecule has 0 saturated carbocycles. The zero-order valence-electron chi connectivity index (χ0n) is 11.6. The van der Waals surface area contributed by atoms with E-state index < -0.39 is 12.0 Å². The molecular formula is C14H21N3O3. The third-order valence-electron chi connectivity index (χ3n) is 2.90. The van der Waals surface area contributed by atoms with Gasteiger partial charge in [-0.2, -0.15) is 0 Å². The van der Waals surface area contributed by atoms with Gasteiger partial charge in [0, 0.05) is 18.8 Å². The number of carbonyl (C=O) groups excluding carboxylic acids is 1. The molecule has 0 aliphatic heterocycles. The first kappa shape index (κ1) is 16.1. The average molecular weight is 279 g/mol. The van der Waals surface area contributed by atoms with Gasteiger partial charge in [0.1, 0.15) is 6.04 Å². The van der Waals surface area contributed by atoms with Crippen LogP contribution in [0.1, 0.15) is 18.9 Å². The van der Waals surface area contributed by atoms with Crippen molar-refractivity contribution in [3.63, 3.8) is 0 Å². The zero-order valence-corrected chi connectivity index (χ0v) is 11.6. The number of carboxylic acid groups (broad SMARTS) is 1. The first-order valence-electron chi connectivity index (χ1n) is 6.62. The normalized spacial score (nSPS) is 11.9. The van der Waals surface area contributed by atoms with Crippen LogP contribution in [0.2, 0.25) is 0 Å². The minimum atomic E-state index is -1.06. The van der Waals surface area contributed by atoms with Crippen LogP contribution in [0.15, 0.2) is 24.3 Å². The summed E-state index contributed by atoms with van der Waals surface area (Å²) in [4.78, 5) is 22.9. The first-order chi connectivity index (χ1) is 9.58. The molecule has 0 saturated heterocycles. The van der Waals surface area contributed by atoms with Crippen molar-refractivity contribution in [1.29, 1.82) is 0 Å². The van der Waals surface area contributed by atoms with E-state index in [9.17, 15) is 9.59 Å². The Bertz CT molecular complexity index is 463. The second-order valence-corrected chi connectivity index (χ2v) is 4.40. The number of amides is 1. The molecule has 1 amide bonds. The number of nitrogens with one attached hydrogen (secondary N) is 2. The van der Waals surface area contributed by atoms with E-state index >= 15 is 0 Å². The maximum Gasteiger partial charge on any atom is 0.321 e. The van der Waals surface area contributed by atoms with Crippen molar-refractivity contribution in [3.05, 3.63) is 29.8 Å². The molecule has 6 nitrogen and oxygen atoms in total. The molecule has 6 heteroatoms. The molecule has 1 aromatic rings. The number of anilines is 1. The van der Waals surface area contributed by atoms with Gasteiger partial charge in [0.2, 0.25) is 5.91 Å². The molecular weight excluding hydrogens is 258 g/mol. The van der Waals surface area contributed by atoms with Crippen molar-refractivity contribution in [1.82, 2.24) is 5.32 Å². The number of para-hydroxylation sites is 1. The summed E-state index contributed by atoms with van der Waals surface area (Å²) >= 11 is 0. The lowest BCUT2D eigenvalue weighted by Gasteiger charge is -2.15. The zero-order chi connectivity index (χ0) is 15.0. The number of rotatable bonds is 8. The molecule has 0 aromatic heterocycles. The number of aliphatic carboxylic acids is 1. The number of hydrogen-bond donors (Lipinski definition) is 4. The maximum absolute atomic E-state index is 11.9. The lowest BCUT2D eigenvalue weighted by Crippen LogP contribution is -2.41. The molecule has 0 aliphatic rings. The highest BCUT2D eigenvalue weighted by molar-refractivity contribution is 5.94. The maximum atomic E-state index is 11.9. The number of hydrogen-bond acceptors (Lipinski definition) is 4. The molecule has 0 unspecified atom stereocenters. The molecule has 0 aliphatic carbocycles. The van der Waals surface area contributed by atoms with E-state index in [-0.39, 0.29) is 12.3 Å². The van der Waals surface area contributed by atoms with E-state index in [1.807, 2.05) is 25.1 Å². The predicted molar refractivity (Wildman–Crippen MR) is 77.5 cm³/mol. The number of benzene rings is 1. The molecule has 1 rings (SSSR count). The van der Waals surface area contributed by atoms with Crippen LogP contribution in [0.5, 0.6) is 0 Å². The Labute approximate surface area is 118 Å². The molecule has 0 bridgehead atoms. The van der Waals surface area contributed by atoms with Gasteiger partial charge >= 0.3 is 5.97 Å². The SMILES string of the molecule is CCc1ccccc1NC(=O)C[C@@H](NCCN)C(=O)O. The predicted octanol–water partition coefficient (Wildman–Crippen LogP) is 0.579. The van der Waals surface area contributed by atoms with Gasteiger partial charge in [-0.3, -0.25) is 9.59 Å². The smallest absolute Gasteiger partial charge is 0.321 e. The van der Waals surface area contributed by atoms with Gasteiger partial charge in [0.25, 0.3) is 0 Å². The number of carbonyl (C=O) groups is 2. The lowest BCUT2D eigenvalue weighted by molar-refractivity contribution is -0.141. The fourth-order valence-corrected chi connectivity index (χ4v) is 1.84.